The van der Waals surface area contributed by atoms with Gasteiger partial charge in [-0.05, 0) is 42.7 Å². The summed E-state index contributed by atoms with van der Waals surface area (Å²) in [4.78, 5) is 12.9. The minimum absolute atomic E-state index is 0.0153. The summed E-state index contributed by atoms with van der Waals surface area (Å²) in [6.45, 7) is 5.04. The fourth-order valence-electron chi connectivity index (χ4n) is 4.73. The molecule has 1 aromatic heterocycles. The Balaban J connectivity index is 1.45. The van der Waals surface area contributed by atoms with Crippen LogP contribution in [0.3, 0.4) is 0 Å². The maximum absolute atomic E-state index is 12.9. The largest absolute Gasteiger partial charge is 0.490 e. The molecule has 0 unspecified atom stereocenters. The van der Waals surface area contributed by atoms with Crippen LogP contribution in [0.15, 0.2) is 29.1 Å². The minimum Gasteiger partial charge on any atom is -0.490 e. The van der Waals surface area contributed by atoms with Gasteiger partial charge in [-0.3, -0.25) is 4.79 Å². The molecule has 0 radical (unpaired) electrons. The number of benzene rings is 1. The number of ether oxygens (including phenoxy) is 3. The molecule has 2 aliphatic heterocycles. The van der Waals surface area contributed by atoms with Gasteiger partial charge in [-0.1, -0.05) is 38.0 Å². The molecule has 1 saturated heterocycles. The third-order valence-electron chi connectivity index (χ3n) is 6.60. The van der Waals surface area contributed by atoms with Crippen LogP contribution in [0.25, 0.3) is 11.3 Å². The quantitative estimate of drug-likeness (QED) is 0.699. The van der Waals surface area contributed by atoms with Gasteiger partial charge in [0.25, 0.3) is 5.56 Å². The van der Waals surface area contributed by atoms with Crippen LogP contribution >= 0.6 is 0 Å². The summed E-state index contributed by atoms with van der Waals surface area (Å²) in [5.41, 5.74) is 6.14. The van der Waals surface area contributed by atoms with Gasteiger partial charge in [0.2, 0.25) is 0 Å². The highest BCUT2D eigenvalue weighted by Crippen LogP contribution is 2.37. The van der Waals surface area contributed by atoms with E-state index in [0.29, 0.717) is 32.2 Å². The number of nitrogens with zero attached hydrogens (tertiary/aromatic N) is 1. The van der Waals surface area contributed by atoms with E-state index < -0.39 is 0 Å². The van der Waals surface area contributed by atoms with Crippen molar-refractivity contribution in [2.24, 2.45) is 5.92 Å². The van der Waals surface area contributed by atoms with Crippen LogP contribution in [0, 0.1) is 5.92 Å². The molecule has 0 amide bonds. The lowest BCUT2D eigenvalue weighted by molar-refractivity contribution is -0.101. The maximum atomic E-state index is 12.9. The second-order valence-corrected chi connectivity index (χ2v) is 8.78. The van der Waals surface area contributed by atoms with Crippen LogP contribution in [0.1, 0.15) is 42.9 Å². The molecule has 0 spiro atoms. The molecule has 5 heteroatoms. The Labute approximate surface area is 178 Å². The Morgan fingerprint density at radius 1 is 1.20 bits per heavy atom. The van der Waals surface area contributed by atoms with E-state index in [0.717, 1.165) is 43.0 Å². The van der Waals surface area contributed by atoms with E-state index in [9.17, 15) is 4.79 Å². The zero-order chi connectivity index (χ0) is 20.5. The number of aryl methyl sites for hydroxylation is 2. The zero-order valence-electron chi connectivity index (χ0n) is 17.8. The van der Waals surface area contributed by atoms with Crippen LogP contribution in [0.5, 0.6) is 5.75 Å². The average Bonchev–Trinajstić information content (AvgIpc) is 3.61. The minimum atomic E-state index is -0.0800. The highest BCUT2D eigenvalue weighted by atomic mass is 16.6. The van der Waals surface area contributed by atoms with Crippen LogP contribution in [-0.4, -0.2) is 37.1 Å². The van der Waals surface area contributed by atoms with Gasteiger partial charge in [0.1, 0.15) is 18.5 Å². The van der Waals surface area contributed by atoms with Gasteiger partial charge in [0.05, 0.1) is 25.5 Å². The molecule has 1 aliphatic carbocycles. The van der Waals surface area contributed by atoms with Crippen LogP contribution < -0.4 is 10.3 Å². The maximum Gasteiger partial charge on any atom is 0.254 e. The standard InChI is InChI=1S/C25H31NO4/c1-2-21-23(30-16-20-15-28-11-12-29-20)14-24(27)26-10-9-19-13-18(6-5-17-3-4-17)7-8-22(19)25(21)26/h7-8,13-14,17,20H,2-6,9-12,15-16H2,1H3/t20-/m0/s1. The van der Waals surface area contributed by atoms with Crippen molar-refractivity contribution in [1.29, 1.82) is 0 Å². The lowest BCUT2D eigenvalue weighted by Gasteiger charge is -2.27. The summed E-state index contributed by atoms with van der Waals surface area (Å²) in [7, 11) is 0. The summed E-state index contributed by atoms with van der Waals surface area (Å²) in [5, 5.41) is 0. The molecule has 1 aromatic carbocycles. The third-order valence-corrected chi connectivity index (χ3v) is 6.60. The molecule has 2 fully saturated rings. The average molecular weight is 410 g/mol. The fourth-order valence-corrected chi connectivity index (χ4v) is 4.73. The second kappa shape index (κ2) is 8.56. The van der Waals surface area contributed by atoms with E-state index in [1.807, 2.05) is 4.57 Å². The van der Waals surface area contributed by atoms with Crippen molar-refractivity contribution in [1.82, 2.24) is 4.57 Å². The molecular weight excluding hydrogens is 378 g/mol. The van der Waals surface area contributed by atoms with Crippen molar-refractivity contribution in [3.8, 4) is 17.0 Å². The molecule has 30 heavy (non-hydrogen) atoms. The lowest BCUT2D eigenvalue weighted by atomic mass is 9.90. The molecule has 1 saturated carbocycles. The van der Waals surface area contributed by atoms with E-state index >= 15 is 0 Å². The topological polar surface area (TPSA) is 49.7 Å². The van der Waals surface area contributed by atoms with Gasteiger partial charge in [-0.25, -0.2) is 0 Å². The van der Waals surface area contributed by atoms with E-state index in [4.69, 9.17) is 14.2 Å². The fraction of sp³-hybridized carbons (Fsp3) is 0.560. The zero-order valence-corrected chi connectivity index (χ0v) is 17.8. The summed E-state index contributed by atoms with van der Waals surface area (Å²) < 4.78 is 19.2. The van der Waals surface area contributed by atoms with Crippen molar-refractivity contribution in [2.75, 3.05) is 26.4 Å². The first-order valence-corrected chi connectivity index (χ1v) is 11.4. The second-order valence-electron chi connectivity index (χ2n) is 8.78. The SMILES string of the molecule is CCc1c(OC[C@@H]2COCCO2)cc(=O)n2c1-c1ccc(CCC3CC3)cc1CC2. The predicted molar refractivity (Wildman–Crippen MR) is 116 cm³/mol. The van der Waals surface area contributed by atoms with E-state index in [1.54, 1.807) is 6.07 Å². The molecule has 3 heterocycles. The van der Waals surface area contributed by atoms with Crippen LogP contribution in [0.4, 0.5) is 0 Å². The normalized spacial score (nSPS) is 20.5. The predicted octanol–water partition coefficient (Wildman–Crippen LogP) is 3.77. The number of hydrogen-bond acceptors (Lipinski definition) is 4. The van der Waals surface area contributed by atoms with Crippen molar-refractivity contribution < 1.29 is 14.2 Å². The van der Waals surface area contributed by atoms with Crippen molar-refractivity contribution >= 4 is 0 Å². The Bertz CT molecular complexity index is 970. The summed E-state index contributed by atoms with van der Waals surface area (Å²) in [6, 6.07) is 8.50. The summed E-state index contributed by atoms with van der Waals surface area (Å²) in [5.74, 6) is 1.64. The number of aromatic nitrogens is 1. The summed E-state index contributed by atoms with van der Waals surface area (Å²) >= 11 is 0. The highest BCUT2D eigenvalue weighted by molar-refractivity contribution is 5.71. The molecule has 2 aromatic rings. The molecule has 0 N–H and O–H groups in total. The Morgan fingerprint density at radius 2 is 2.10 bits per heavy atom. The van der Waals surface area contributed by atoms with Crippen molar-refractivity contribution in [2.45, 2.75) is 58.1 Å². The monoisotopic (exact) mass is 409 g/mol. The Kier molecular flexibility index (Phi) is 5.66. The molecule has 160 valence electrons. The van der Waals surface area contributed by atoms with E-state index in [2.05, 4.69) is 25.1 Å². The van der Waals surface area contributed by atoms with E-state index in [-0.39, 0.29) is 11.7 Å². The first-order chi connectivity index (χ1) is 14.7. The van der Waals surface area contributed by atoms with Gasteiger partial charge in [-0.15, -0.1) is 0 Å². The molecule has 0 bridgehead atoms. The van der Waals surface area contributed by atoms with Crippen LogP contribution in [0.2, 0.25) is 0 Å². The molecular formula is C25H31NO4. The van der Waals surface area contributed by atoms with Crippen LogP contribution in [-0.2, 0) is 35.3 Å². The number of hydrogen-bond donors (Lipinski definition) is 0. The summed E-state index contributed by atoms with van der Waals surface area (Å²) in [6.07, 6.45) is 6.93. The highest BCUT2D eigenvalue weighted by Gasteiger charge is 2.25. The smallest absolute Gasteiger partial charge is 0.254 e. The first kappa shape index (κ1) is 19.8. The van der Waals surface area contributed by atoms with Gasteiger partial charge in [-0.2, -0.15) is 0 Å². The van der Waals surface area contributed by atoms with Gasteiger partial charge < -0.3 is 18.8 Å². The van der Waals surface area contributed by atoms with E-state index in [1.165, 1.54) is 36.0 Å². The van der Waals surface area contributed by atoms with Gasteiger partial charge in [0, 0.05) is 23.7 Å². The molecule has 1 atom stereocenters. The van der Waals surface area contributed by atoms with Crippen molar-refractivity contribution in [3.05, 3.63) is 51.3 Å². The van der Waals surface area contributed by atoms with Gasteiger partial charge >= 0.3 is 0 Å². The van der Waals surface area contributed by atoms with Gasteiger partial charge in [0.15, 0.2) is 0 Å². The number of pyridine rings is 1. The lowest BCUT2D eigenvalue weighted by Crippen LogP contribution is -2.34. The number of rotatable bonds is 7. The Morgan fingerprint density at radius 3 is 2.87 bits per heavy atom. The Hall–Kier alpha value is -2.11. The molecule has 5 rings (SSSR count). The molecule has 5 nitrogen and oxygen atoms in total. The number of fused-ring (bicyclic) bond motifs is 3. The van der Waals surface area contributed by atoms with Crippen molar-refractivity contribution in [3.63, 3.8) is 0 Å². The third kappa shape index (κ3) is 4.06. The molecule has 3 aliphatic rings. The first-order valence-electron chi connectivity index (χ1n) is 11.4.